The maximum atomic E-state index is 13.6. The van der Waals surface area contributed by atoms with Crippen LogP contribution in [0.3, 0.4) is 0 Å². The molecular formula is C29H27F4N5S. The predicted octanol–water partition coefficient (Wildman–Crippen LogP) is 6.47. The van der Waals surface area contributed by atoms with E-state index in [1.54, 1.807) is 29.2 Å². The zero-order chi connectivity index (χ0) is 27.8. The molecule has 0 bridgehead atoms. The van der Waals surface area contributed by atoms with Crippen molar-refractivity contribution in [1.29, 1.82) is 0 Å². The topological polar surface area (TPSA) is 47.7 Å². The fourth-order valence-electron chi connectivity index (χ4n) is 5.33. The Morgan fingerprint density at radius 2 is 1.85 bits per heavy atom. The van der Waals surface area contributed by atoms with Gasteiger partial charge in [0.1, 0.15) is 11.6 Å². The first-order valence-corrected chi connectivity index (χ1v) is 12.8. The highest BCUT2D eigenvalue weighted by molar-refractivity contribution is 7.78. The highest BCUT2D eigenvalue weighted by atomic mass is 32.1. The van der Waals surface area contributed by atoms with Gasteiger partial charge in [-0.2, -0.15) is 18.3 Å². The van der Waals surface area contributed by atoms with Crippen LogP contribution >= 0.6 is 12.8 Å². The van der Waals surface area contributed by atoms with Gasteiger partial charge in [-0.15, -0.1) is 0 Å². The molecule has 1 N–H and O–H groups in total. The molecule has 5 rings (SSSR count). The lowest BCUT2D eigenvalue weighted by molar-refractivity contribution is -0.137. The second-order valence-corrected chi connectivity index (χ2v) is 10.1. The van der Waals surface area contributed by atoms with E-state index in [4.69, 9.17) is 0 Å². The minimum Gasteiger partial charge on any atom is -0.334 e. The molecule has 0 aliphatic heterocycles. The lowest BCUT2D eigenvalue weighted by Crippen LogP contribution is -2.34. The van der Waals surface area contributed by atoms with Crippen LogP contribution in [0.4, 0.5) is 17.6 Å². The largest absolute Gasteiger partial charge is 0.416 e. The van der Waals surface area contributed by atoms with Gasteiger partial charge in [-0.25, -0.2) is 14.1 Å². The summed E-state index contributed by atoms with van der Waals surface area (Å²) in [6.45, 7) is 5.05. The lowest BCUT2D eigenvalue weighted by Gasteiger charge is -2.41. The van der Waals surface area contributed by atoms with Gasteiger partial charge in [0.15, 0.2) is 0 Å². The molecule has 202 valence electrons. The number of nitrogens with zero attached hydrogens (tertiary/aromatic N) is 4. The van der Waals surface area contributed by atoms with Gasteiger partial charge in [0.25, 0.3) is 0 Å². The summed E-state index contributed by atoms with van der Waals surface area (Å²) in [6.07, 6.45) is 4.50. The van der Waals surface area contributed by atoms with Crippen molar-refractivity contribution in [1.82, 2.24) is 24.1 Å². The molecule has 1 aliphatic rings. The van der Waals surface area contributed by atoms with Crippen molar-refractivity contribution in [2.45, 2.75) is 25.4 Å². The summed E-state index contributed by atoms with van der Waals surface area (Å²) in [5.74, 6) is 0.360. The van der Waals surface area contributed by atoms with Crippen LogP contribution in [-0.2, 0) is 26.1 Å². The Hall–Kier alpha value is -3.63. The molecule has 0 fully saturated rings. The number of halogens is 4. The second-order valence-electron chi connectivity index (χ2n) is 9.74. The average molecular weight is 554 g/mol. The maximum Gasteiger partial charge on any atom is 0.416 e. The van der Waals surface area contributed by atoms with E-state index in [2.05, 4.69) is 40.3 Å². The Balaban J connectivity index is 1.65. The van der Waals surface area contributed by atoms with Crippen molar-refractivity contribution in [2.24, 2.45) is 12.5 Å². The third-order valence-corrected chi connectivity index (χ3v) is 7.56. The molecule has 0 saturated heterocycles. The monoisotopic (exact) mass is 553 g/mol. The number of fused-ring (bicyclic) bond motifs is 1. The fraction of sp³-hybridized carbons (Fsp3) is 0.241. The van der Waals surface area contributed by atoms with Crippen LogP contribution in [0.5, 0.6) is 0 Å². The summed E-state index contributed by atoms with van der Waals surface area (Å²) >= 11 is 4.20. The Morgan fingerprint density at radius 3 is 2.46 bits per heavy atom. The molecular weight excluding hydrogens is 526 g/mol. The van der Waals surface area contributed by atoms with Crippen LogP contribution in [-0.4, -0.2) is 25.9 Å². The molecule has 2 aromatic carbocycles. The molecule has 0 amide bonds. The number of rotatable bonds is 8. The van der Waals surface area contributed by atoms with E-state index in [9.17, 15) is 17.6 Å². The van der Waals surface area contributed by atoms with Crippen molar-refractivity contribution < 1.29 is 17.6 Å². The first-order valence-electron chi connectivity index (χ1n) is 12.4. The van der Waals surface area contributed by atoms with E-state index >= 15 is 0 Å². The third-order valence-electron chi connectivity index (χ3n) is 7.34. The summed E-state index contributed by atoms with van der Waals surface area (Å²) in [5.41, 5.74) is 3.69. The molecule has 0 radical (unpaired) electrons. The number of thiol groups is 1. The van der Waals surface area contributed by atoms with Crippen LogP contribution in [0.1, 0.15) is 34.6 Å². The van der Waals surface area contributed by atoms with E-state index in [1.807, 2.05) is 17.8 Å². The second kappa shape index (κ2) is 10.5. The third kappa shape index (κ3) is 5.18. The number of hydrogen-bond acceptors (Lipinski definition) is 4. The standard InChI is InChI=1S/C29H27F4N5S/c1-19(27-34-13-14-37(27)2)28(16-20-3-5-22(6-4-20)29(31,32)33)17-21-18-35-38(25-9-7-24(30)8-10-25)26(21)15-23(28)11-12-36-39/h3-10,13-15,18,36,39H,1,11-12,16-17H2,2H3. The Morgan fingerprint density at radius 1 is 1.13 bits per heavy atom. The van der Waals surface area contributed by atoms with Gasteiger partial charge >= 0.3 is 6.18 Å². The molecule has 39 heavy (non-hydrogen) atoms. The minimum atomic E-state index is -4.41. The predicted molar refractivity (Wildman–Crippen MR) is 147 cm³/mol. The number of benzene rings is 2. The highest BCUT2D eigenvalue weighted by Gasteiger charge is 2.43. The van der Waals surface area contributed by atoms with Gasteiger partial charge < -0.3 is 4.57 Å². The van der Waals surface area contributed by atoms with Crippen LogP contribution in [0, 0.1) is 11.2 Å². The molecule has 10 heteroatoms. The SMILES string of the molecule is C=C(c1nccn1C)C1(Cc2ccc(C(F)(F)F)cc2)Cc2cnn(-c3ccc(F)cc3)c2C=C1CCNS. The zero-order valence-corrected chi connectivity index (χ0v) is 22.1. The first kappa shape index (κ1) is 27.0. The normalized spacial score (nSPS) is 17.1. The van der Waals surface area contributed by atoms with E-state index in [0.717, 1.165) is 45.8 Å². The van der Waals surface area contributed by atoms with E-state index in [-0.39, 0.29) is 5.82 Å². The molecule has 0 spiro atoms. The summed E-state index contributed by atoms with van der Waals surface area (Å²) in [7, 11) is 1.89. The quantitative estimate of drug-likeness (QED) is 0.194. The van der Waals surface area contributed by atoms with Crippen molar-refractivity contribution in [3.63, 3.8) is 0 Å². The number of hydrogen-bond donors (Lipinski definition) is 2. The summed E-state index contributed by atoms with van der Waals surface area (Å²) < 4.78 is 60.0. The fourth-order valence-corrected chi connectivity index (χ4v) is 5.44. The first-order chi connectivity index (χ1) is 18.6. The Kier molecular flexibility index (Phi) is 7.26. The summed E-state index contributed by atoms with van der Waals surface area (Å²) in [6, 6.07) is 11.4. The number of allylic oxidation sites excluding steroid dienone is 1. The van der Waals surface area contributed by atoms with Crippen LogP contribution in [0.15, 0.2) is 79.3 Å². The number of nitrogens with one attached hydrogen (secondary N) is 1. The van der Waals surface area contributed by atoms with Gasteiger partial charge in [0, 0.05) is 31.4 Å². The van der Waals surface area contributed by atoms with Crippen LogP contribution in [0.25, 0.3) is 17.3 Å². The zero-order valence-electron chi connectivity index (χ0n) is 21.2. The summed E-state index contributed by atoms with van der Waals surface area (Å²) in [5, 5.41) is 4.61. The van der Waals surface area contributed by atoms with E-state index in [1.165, 1.54) is 24.3 Å². The molecule has 4 aromatic rings. The molecule has 1 aliphatic carbocycles. The van der Waals surface area contributed by atoms with Gasteiger partial charge in [-0.05, 0) is 78.4 Å². The molecule has 1 atom stereocenters. The molecule has 1 unspecified atom stereocenters. The van der Waals surface area contributed by atoms with Crippen LogP contribution in [0.2, 0.25) is 0 Å². The Labute approximate surface area is 229 Å². The smallest absolute Gasteiger partial charge is 0.334 e. The number of aromatic nitrogens is 4. The summed E-state index contributed by atoms with van der Waals surface area (Å²) in [4.78, 5) is 4.56. The van der Waals surface area contributed by atoms with Gasteiger partial charge in [0.05, 0.1) is 23.1 Å². The van der Waals surface area contributed by atoms with E-state index < -0.39 is 17.2 Å². The van der Waals surface area contributed by atoms with Crippen molar-refractivity contribution in [3.05, 3.63) is 113 Å². The Bertz CT molecular complexity index is 1520. The number of aryl methyl sites for hydroxylation is 1. The van der Waals surface area contributed by atoms with Crippen molar-refractivity contribution in [2.75, 3.05) is 6.54 Å². The molecule has 2 aromatic heterocycles. The lowest BCUT2D eigenvalue weighted by atomic mass is 9.63. The maximum absolute atomic E-state index is 13.6. The minimum absolute atomic E-state index is 0.335. The highest BCUT2D eigenvalue weighted by Crippen LogP contribution is 2.51. The van der Waals surface area contributed by atoms with Crippen molar-refractivity contribution >= 4 is 24.5 Å². The molecule has 2 heterocycles. The average Bonchev–Trinajstić information content (AvgIpc) is 3.52. The number of imidazole rings is 1. The molecule has 5 nitrogen and oxygen atoms in total. The van der Waals surface area contributed by atoms with Crippen LogP contribution < -0.4 is 4.72 Å². The van der Waals surface area contributed by atoms with Gasteiger partial charge in [0.2, 0.25) is 0 Å². The van der Waals surface area contributed by atoms with Gasteiger partial charge in [-0.1, -0.05) is 37.1 Å². The van der Waals surface area contributed by atoms with E-state index in [0.29, 0.717) is 31.6 Å². The van der Waals surface area contributed by atoms with Gasteiger partial charge in [-0.3, -0.25) is 4.72 Å². The number of alkyl halides is 3. The molecule has 0 saturated carbocycles. The van der Waals surface area contributed by atoms with Crippen molar-refractivity contribution in [3.8, 4) is 5.69 Å².